The van der Waals surface area contributed by atoms with Gasteiger partial charge < -0.3 is 10.4 Å². The van der Waals surface area contributed by atoms with Gasteiger partial charge in [0, 0.05) is 6.04 Å². The van der Waals surface area contributed by atoms with Gasteiger partial charge in [-0.05, 0) is 42.8 Å². The van der Waals surface area contributed by atoms with Crippen LogP contribution in [-0.2, 0) is 6.18 Å². The molecule has 0 bridgehead atoms. The highest BCUT2D eigenvalue weighted by Crippen LogP contribution is 2.34. The molecule has 2 rings (SSSR count). The van der Waals surface area contributed by atoms with Gasteiger partial charge in [0.25, 0.3) is 0 Å². The standard InChI is InChI=1S/C15H13ClF3NO/c1-9(10-2-5-12(21)6-3-10)20-14-7-4-11(8-13(14)16)15(17,18)19/h2-9,20-21H,1H3. The maximum atomic E-state index is 12.6. The fraction of sp³-hybridized carbons (Fsp3) is 0.200. The highest BCUT2D eigenvalue weighted by molar-refractivity contribution is 6.33. The number of nitrogens with one attached hydrogen (secondary N) is 1. The minimum atomic E-state index is -4.41. The maximum absolute atomic E-state index is 12.6. The first-order chi connectivity index (χ1) is 9.77. The number of phenolic OH excluding ortho intramolecular Hbond substituents is 1. The Morgan fingerprint density at radius 3 is 2.24 bits per heavy atom. The van der Waals surface area contributed by atoms with Gasteiger partial charge in [0.15, 0.2) is 0 Å². The third kappa shape index (κ3) is 3.82. The van der Waals surface area contributed by atoms with Crippen LogP contribution in [0.5, 0.6) is 5.75 Å². The molecule has 0 radical (unpaired) electrons. The first kappa shape index (κ1) is 15.5. The molecule has 112 valence electrons. The lowest BCUT2D eigenvalue weighted by atomic mass is 10.1. The number of hydrogen-bond donors (Lipinski definition) is 2. The molecule has 2 aromatic carbocycles. The summed E-state index contributed by atoms with van der Waals surface area (Å²) in [5, 5.41) is 12.3. The van der Waals surface area contributed by atoms with Crippen LogP contribution in [0.25, 0.3) is 0 Å². The van der Waals surface area contributed by atoms with E-state index >= 15 is 0 Å². The lowest BCUT2D eigenvalue weighted by molar-refractivity contribution is -0.137. The van der Waals surface area contributed by atoms with Crippen molar-refractivity contribution in [1.82, 2.24) is 0 Å². The Balaban J connectivity index is 2.18. The van der Waals surface area contributed by atoms with Crippen molar-refractivity contribution in [2.75, 3.05) is 5.32 Å². The van der Waals surface area contributed by atoms with Gasteiger partial charge in [-0.2, -0.15) is 13.2 Å². The molecule has 1 atom stereocenters. The Morgan fingerprint density at radius 2 is 1.71 bits per heavy atom. The predicted molar refractivity (Wildman–Crippen MR) is 76.6 cm³/mol. The van der Waals surface area contributed by atoms with Crippen LogP contribution in [0.15, 0.2) is 42.5 Å². The van der Waals surface area contributed by atoms with E-state index in [1.54, 1.807) is 24.3 Å². The second-order valence-corrected chi connectivity index (χ2v) is 5.06. The molecule has 0 saturated heterocycles. The second-order valence-electron chi connectivity index (χ2n) is 4.65. The van der Waals surface area contributed by atoms with E-state index in [2.05, 4.69) is 5.32 Å². The maximum Gasteiger partial charge on any atom is 0.416 e. The van der Waals surface area contributed by atoms with E-state index < -0.39 is 11.7 Å². The van der Waals surface area contributed by atoms with E-state index in [1.165, 1.54) is 6.07 Å². The summed E-state index contributed by atoms with van der Waals surface area (Å²) in [6.07, 6.45) is -4.41. The summed E-state index contributed by atoms with van der Waals surface area (Å²) in [5.74, 6) is 0.151. The topological polar surface area (TPSA) is 32.3 Å². The van der Waals surface area contributed by atoms with Crippen molar-refractivity contribution in [3.63, 3.8) is 0 Å². The number of alkyl halides is 3. The van der Waals surface area contributed by atoms with E-state index in [9.17, 15) is 18.3 Å². The fourth-order valence-electron chi connectivity index (χ4n) is 1.89. The molecule has 0 spiro atoms. The van der Waals surface area contributed by atoms with Crippen molar-refractivity contribution >= 4 is 17.3 Å². The van der Waals surface area contributed by atoms with Crippen LogP contribution in [0.1, 0.15) is 24.1 Å². The Hall–Kier alpha value is -1.88. The quantitative estimate of drug-likeness (QED) is 0.812. The largest absolute Gasteiger partial charge is 0.508 e. The molecule has 0 amide bonds. The van der Waals surface area contributed by atoms with E-state index in [0.29, 0.717) is 5.69 Å². The van der Waals surface area contributed by atoms with Crippen molar-refractivity contribution in [1.29, 1.82) is 0 Å². The Labute approximate surface area is 125 Å². The minimum absolute atomic E-state index is 0.00968. The number of aromatic hydroxyl groups is 1. The number of halogens is 4. The van der Waals surface area contributed by atoms with Gasteiger partial charge in [-0.3, -0.25) is 0 Å². The molecule has 0 saturated carbocycles. The van der Waals surface area contributed by atoms with Crippen molar-refractivity contribution in [3.8, 4) is 5.75 Å². The van der Waals surface area contributed by atoms with Crippen LogP contribution in [0.3, 0.4) is 0 Å². The van der Waals surface area contributed by atoms with Crippen LogP contribution < -0.4 is 5.32 Å². The number of rotatable bonds is 3. The number of anilines is 1. The van der Waals surface area contributed by atoms with Crippen molar-refractivity contribution in [2.24, 2.45) is 0 Å². The van der Waals surface area contributed by atoms with E-state index in [-0.39, 0.29) is 16.8 Å². The lowest BCUT2D eigenvalue weighted by Gasteiger charge is -2.18. The summed E-state index contributed by atoms with van der Waals surface area (Å²) < 4.78 is 37.7. The van der Waals surface area contributed by atoms with Crippen LogP contribution >= 0.6 is 11.6 Å². The Morgan fingerprint density at radius 1 is 1.10 bits per heavy atom. The Kier molecular flexibility index (Phi) is 4.32. The fourth-order valence-corrected chi connectivity index (χ4v) is 2.12. The minimum Gasteiger partial charge on any atom is -0.508 e. The molecule has 6 heteroatoms. The third-order valence-corrected chi connectivity index (χ3v) is 3.37. The monoisotopic (exact) mass is 315 g/mol. The summed E-state index contributed by atoms with van der Waals surface area (Å²) in [6, 6.07) is 9.56. The molecular weight excluding hydrogens is 303 g/mol. The van der Waals surface area contributed by atoms with E-state index in [4.69, 9.17) is 11.6 Å². The highest BCUT2D eigenvalue weighted by atomic mass is 35.5. The molecule has 1 unspecified atom stereocenters. The zero-order chi connectivity index (χ0) is 15.6. The smallest absolute Gasteiger partial charge is 0.416 e. The van der Waals surface area contributed by atoms with Crippen molar-refractivity contribution in [3.05, 3.63) is 58.6 Å². The first-order valence-electron chi connectivity index (χ1n) is 6.19. The van der Waals surface area contributed by atoms with Gasteiger partial charge >= 0.3 is 6.18 Å². The summed E-state index contributed by atoms with van der Waals surface area (Å²) in [6.45, 7) is 1.85. The van der Waals surface area contributed by atoms with Crippen LogP contribution in [0.2, 0.25) is 5.02 Å². The molecule has 2 N–H and O–H groups in total. The van der Waals surface area contributed by atoms with Gasteiger partial charge in [0.05, 0.1) is 16.3 Å². The zero-order valence-corrected chi connectivity index (χ0v) is 11.8. The number of phenols is 1. The molecule has 0 fully saturated rings. The summed E-state index contributed by atoms with van der Waals surface area (Å²) in [4.78, 5) is 0. The van der Waals surface area contributed by atoms with Gasteiger partial charge in [-0.25, -0.2) is 0 Å². The second kappa shape index (κ2) is 5.85. The van der Waals surface area contributed by atoms with Crippen LogP contribution in [0, 0.1) is 0 Å². The summed E-state index contributed by atoms with van der Waals surface area (Å²) >= 11 is 5.89. The molecule has 21 heavy (non-hydrogen) atoms. The zero-order valence-electron chi connectivity index (χ0n) is 11.1. The molecule has 2 aromatic rings. The molecular formula is C15H13ClF3NO. The SMILES string of the molecule is CC(Nc1ccc(C(F)(F)F)cc1Cl)c1ccc(O)cc1. The molecule has 0 aliphatic carbocycles. The van der Waals surface area contributed by atoms with Gasteiger partial charge in [0.2, 0.25) is 0 Å². The molecule has 0 heterocycles. The van der Waals surface area contributed by atoms with Crippen LogP contribution in [0.4, 0.5) is 18.9 Å². The molecule has 2 nitrogen and oxygen atoms in total. The average Bonchev–Trinajstić information content (AvgIpc) is 2.40. The molecule has 0 aliphatic rings. The molecule has 0 aliphatic heterocycles. The highest BCUT2D eigenvalue weighted by Gasteiger charge is 2.30. The average molecular weight is 316 g/mol. The van der Waals surface area contributed by atoms with Gasteiger partial charge in [-0.15, -0.1) is 0 Å². The van der Waals surface area contributed by atoms with E-state index in [0.717, 1.165) is 17.7 Å². The van der Waals surface area contributed by atoms with Crippen molar-refractivity contribution < 1.29 is 18.3 Å². The Bertz CT molecular complexity index is 626. The predicted octanol–water partition coefficient (Wildman–Crippen LogP) is 5.24. The van der Waals surface area contributed by atoms with Gasteiger partial charge in [0.1, 0.15) is 5.75 Å². The lowest BCUT2D eigenvalue weighted by Crippen LogP contribution is -2.09. The van der Waals surface area contributed by atoms with Crippen LogP contribution in [-0.4, -0.2) is 5.11 Å². The molecule has 0 aromatic heterocycles. The first-order valence-corrected chi connectivity index (χ1v) is 6.57. The summed E-state index contributed by atoms with van der Waals surface area (Å²) in [7, 11) is 0. The van der Waals surface area contributed by atoms with E-state index in [1.807, 2.05) is 6.92 Å². The number of hydrogen-bond acceptors (Lipinski definition) is 2. The van der Waals surface area contributed by atoms with Crippen molar-refractivity contribution in [2.45, 2.75) is 19.1 Å². The normalized spacial score (nSPS) is 13.0. The van der Waals surface area contributed by atoms with Gasteiger partial charge in [-0.1, -0.05) is 23.7 Å². The third-order valence-electron chi connectivity index (χ3n) is 3.06. The summed E-state index contributed by atoms with van der Waals surface area (Å²) in [5.41, 5.74) is 0.518. The number of benzene rings is 2.